The number of carbonyl (C=O) groups excluding carboxylic acids is 1. The second kappa shape index (κ2) is 8.58. The SMILES string of the molecule is C[C@@H]1C[C@@H](CCN(C)C(=O)c2ccccc2)c2ccc(N3CCN(C)CC3)cc21. The van der Waals surface area contributed by atoms with Crippen molar-refractivity contribution in [3.8, 4) is 0 Å². The van der Waals surface area contributed by atoms with E-state index in [2.05, 4.69) is 42.0 Å². The van der Waals surface area contributed by atoms with Crippen molar-refractivity contribution in [1.29, 1.82) is 0 Å². The third-order valence-corrected chi connectivity index (χ3v) is 6.73. The molecule has 0 radical (unpaired) electrons. The number of hydrogen-bond donors (Lipinski definition) is 0. The van der Waals surface area contributed by atoms with E-state index in [4.69, 9.17) is 0 Å². The van der Waals surface area contributed by atoms with Crippen LogP contribution in [-0.2, 0) is 0 Å². The number of carbonyl (C=O) groups is 1. The lowest BCUT2D eigenvalue weighted by molar-refractivity contribution is 0.0791. The van der Waals surface area contributed by atoms with Crippen LogP contribution in [0.3, 0.4) is 0 Å². The van der Waals surface area contributed by atoms with E-state index in [1.54, 1.807) is 0 Å². The molecule has 0 unspecified atom stereocenters. The molecule has 4 rings (SSSR count). The first-order chi connectivity index (χ1) is 14.0. The molecule has 2 aromatic carbocycles. The van der Waals surface area contributed by atoms with Crippen molar-refractivity contribution in [3.05, 3.63) is 65.2 Å². The highest BCUT2D eigenvalue weighted by molar-refractivity contribution is 5.93. The minimum absolute atomic E-state index is 0.113. The summed E-state index contributed by atoms with van der Waals surface area (Å²) in [6.07, 6.45) is 2.22. The van der Waals surface area contributed by atoms with Crippen molar-refractivity contribution in [2.75, 3.05) is 51.7 Å². The molecular formula is C25H33N3O. The van der Waals surface area contributed by atoms with E-state index in [1.807, 2.05) is 42.3 Å². The van der Waals surface area contributed by atoms with E-state index in [0.717, 1.165) is 44.7 Å². The van der Waals surface area contributed by atoms with Gasteiger partial charge in [-0.15, -0.1) is 0 Å². The van der Waals surface area contributed by atoms with Gasteiger partial charge in [0.05, 0.1) is 0 Å². The molecule has 1 saturated heterocycles. The highest BCUT2D eigenvalue weighted by Gasteiger charge is 2.29. The fourth-order valence-corrected chi connectivity index (χ4v) is 4.83. The molecule has 0 N–H and O–H groups in total. The minimum atomic E-state index is 0.113. The average Bonchev–Trinajstić information content (AvgIpc) is 3.07. The van der Waals surface area contributed by atoms with Gasteiger partial charge in [-0.1, -0.05) is 31.2 Å². The van der Waals surface area contributed by atoms with Gasteiger partial charge in [0.15, 0.2) is 0 Å². The van der Waals surface area contributed by atoms with Gasteiger partial charge in [-0.2, -0.15) is 0 Å². The van der Waals surface area contributed by atoms with Gasteiger partial charge in [-0.3, -0.25) is 4.79 Å². The summed E-state index contributed by atoms with van der Waals surface area (Å²) in [5.74, 6) is 1.26. The third-order valence-electron chi connectivity index (χ3n) is 6.73. The van der Waals surface area contributed by atoms with Crippen molar-refractivity contribution in [2.24, 2.45) is 0 Å². The number of rotatable bonds is 5. The van der Waals surface area contributed by atoms with E-state index in [0.29, 0.717) is 11.8 Å². The normalized spacial score (nSPS) is 21.8. The quantitative estimate of drug-likeness (QED) is 0.765. The predicted molar refractivity (Wildman–Crippen MR) is 120 cm³/mol. The summed E-state index contributed by atoms with van der Waals surface area (Å²) in [5, 5.41) is 0. The number of nitrogens with zero attached hydrogens (tertiary/aromatic N) is 3. The fourth-order valence-electron chi connectivity index (χ4n) is 4.83. The highest BCUT2D eigenvalue weighted by Crippen LogP contribution is 2.44. The van der Waals surface area contributed by atoms with Gasteiger partial charge in [0.2, 0.25) is 0 Å². The van der Waals surface area contributed by atoms with Crippen LogP contribution < -0.4 is 4.90 Å². The van der Waals surface area contributed by atoms with E-state index < -0.39 is 0 Å². The number of likely N-dealkylation sites (N-methyl/N-ethyl adjacent to an activating group) is 1. The smallest absolute Gasteiger partial charge is 0.253 e. The Morgan fingerprint density at radius 2 is 1.76 bits per heavy atom. The molecule has 2 aromatic rings. The van der Waals surface area contributed by atoms with Crippen LogP contribution in [0, 0.1) is 0 Å². The Hall–Kier alpha value is -2.33. The number of benzene rings is 2. The zero-order chi connectivity index (χ0) is 20.4. The Morgan fingerprint density at radius 1 is 1.03 bits per heavy atom. The average molecular weight is 392 g/mol. The van der Waals surface area contributed by atoms with E-state index >= 15 is 0 Å². The molecule has 0 spiro atoms. The number of anilines is 1. The van der Waals surface area contributed by atoms with E-state index in [-0.39, 0.29) is 5.91 Å². The van der Waals surface area contributed by atoms with Crippen LogP contribution in [0.1, 0.15) is 53.1 Å². The molecule has 0 aromatic heterocycles. The minimum Gasteiger partial charge on any atom is -0.369 e. The Balaban J connectivity index is 1.40. The number of amides is 1. The van der Waals surface area contributed by atoms with Gasteiger partial charge in [-0.05, 0) is 67.1 Å². The molecule has 1 heterocycles. The lowest BCUT2D eigenvalue weighted by Gasteiger charge is -2.34. The summed E-state index contributed by atoms with van der Waals surface area (Å²) >= 11 is 0. The standard InChI is InChI=1S/C25H33N3O/c1-19-17-21(11-12-27(3)25(29)20-7-5-4-6-8-20)23-10-9-22(18-24(19)23)28-15-13-26(2)14-16-28/h4-10,18-19,21H,11-17H2,1-3H3/t19-,21-/m1/s1. The van der Waals surface area contributed by atoms with Gasteiger partial charge >= 0.3 is 0 Å². The third kappa shape index (κ3) is 4.32. The topological polar surface area (TPSA) is 26.8 Å². The van der Waals surface area contributed by atoms with Crippen molar-refractivity contribution >= 4 is 11.6 Å². The molecule has 4 nitrogen and oxygen atoms in total. The Labute approximate surface area is 175 Å². The molecule has 1 aliphatic carbocycles. The summed E-state index contributed by atoms with van der Waals surface area (Å²) in [7, 11) is 4.12. The monoisotopic (exact) mass is 391 g/mol. The molecule has 1 amide bonds. The second-order valence-corrected chi connectivity index (χ2v) is 8.82. The van der Waals surface area contributed by atoms with Gasteiger partial charge in [-0.25, -0.2) is 0 Å². The van der Waals surface area contributed by atoms with Crippen molar-refractivity contribution in [2.45, 2.75) is 31.6 Å². The molecule has 2 atom stereocenters. The predicted octanol–water partition coefficient (Wildman–Crippen LogP) is 4.19. The lowest BCUT2D eigenvalue weighted by atomic mass is 9.97. The van der Waals surface area contributed by atoms with Crippen LogP contribution >= 0.6 is 0 Å². The molecular weight excluding hydrogens is 358 g/mol. The summed E-state index contributed by atoms with van der Waals surface area (Å²) in [6, 6.07) is 16.7. The Kier molecular flexibility index (Phi) is 5.91. The molecule has 0 bridgehead atoms. The maximum Gasteiger partial charge on any atom is 0.253 e. The van der Waals surface area contributed by atoms with Crippen molar-refractivity contribution in [1.82, 2.24) is 9.80 Å². The van der Waals surface area contributed by atoms with Crippen LogP contribution in [0.4, 0.5) is 5.69 Å². The number of piperazine rings is 1. The maximum absolute atomic E-state index is 12.6. The van der Waals surface area contributed by atoms with Gasteiger partial charge in [0, 0.05) is 51.0 Å². The summed E-state index contributed by atoms with van der Waals surface area (Å²) in [6.45, 7) is 7.64. The number of hydrogen-bond acceptors (Lipinski definition) is 3. The van der Waals surface area contributed by atoms with Crippen molar-refractivity contribution in [3.63, 3.8) is 0 Å². The van der Waals surface area contributed by atoms with Crippen LogP contribution in [0.5, 0.6) is 0 Å². The Bertz CT molecular complexity index is 842. The van der Waals surface area contributed by atoms with Crippen LogP contribution in [0.15, 0.2) is 48.5 Å². The molecule has 0 saturated carbocycles. The number of fused-ring (bicyclic) bond motifs is 1. The van der Waals surface area contributed by atoms with Gasteiger partial charge in [0.25, 0.3) is 5.91 Å². The maximum atomic E-state index is 12.6. The summed E-state index contributed by atoms with van der Waals surface area (Å²) < 4.78 is 0. The highest BCUT2D eigenvalue weighted by atomic mass is 16.2. The van der Waals surface area contributed by atoms with E-state index in [1.165, 1.54) is 23.2 Å². The molecule has 29 heavy (non-hydrogen) atoms. The van der Waals surface area contributed by atoms with Gasteiger partial charge in [0.1, 0.15) is 0 Å². The molecule has 154 valence electrons. The zero-order valence-electron chi connectivity index (χ0n) is 18.0. The lowest BCUT2D eigenvalue weighted by Crippen LogP contribution is -2.44. The zero-order valence-corrected chi connectivity index (χ0v) is 18.0. The van der Waals surface area contributed by atoms with Crippen LogP contribution in [-0.4, -0.2) is 62.5 Å². The van der Waals surface area contributed by atoms with Crippen molar-refractivity contribution < 1.29 is 4.79 Å². The first kappa shape index (κ1) is 20.0. The first-order valence-corrected chi connectivity index (χ1v) is 10.9. The van der Waals surface area contributed by atoms with Gasteiger partial charge < -0.3 is 14.7 Å². The van der Waals surface area contributed by atoms with Crippen LogP contribution in [0.2, 0.25) is 0 Å². The largest absolute Gasteiger partial charge is 0.369 e. The van der Waals surface area contributed by atoms with Crippen LogP contribution in [0.25, 0.3) is 0 Å². The molecule has 2 aliphatic rings. The molecule has 1 fully saturated rings. The summed E-state index contributed by atoms with van der Waals surface area (Å²) in [5.41, 5.74) is 5.16. The molecule has 4 heteroatoms. The Morgan fingerprint density at radius 3 is 2.48 bits per heavy atom. The fraction of sp³-hybridized carbons (Fsp3) is 0.480. The first-order valence-electron chi connectivity index (χ1n) is 10.9. The second-order valence-electron chi connectivity index (χ2n) is 8.82. The molecule has 1 aliphatic heterocycles. The summed E-state index contributed by atoms with van der Waals surface area (Å²) in [4.78, 5) is 19.4. The van der Waals surface area contributed by atoms with E-state index in [9.17, 15) is 4.79 Å².